The fourth-order valence-corrected chi connectivity index (χ4v) is 3.05. The number of piperidine rings is 1. The SMILES string of the molecule is O=C(NCCO)c1cn([C@H]2CCCN(c3ncccc3C(F)(F)F)C2)nn1. The van der Waals surface area contributed by atoms with Gasteiger partial charge >= 0.3 is 6.18 Å². The highest BCUT2D eigenvalue weighted by Crippen LogP contribution is 2.36. The summed E-state index contributed by atoms with van der Waals surface area (Å²) in [4.78, 5) is 17.4. The maximum absolute atomic E-state index is 13.3. The maximum atomic E-state index is 13.3. The van der Waals surface area contributed by atoms with E-state index in [1.54, 1.807) is 4.90 Å². The third-order valence-corrected chi connectivity index (χ3v) is 4.30. The van der Waals surface area contributed by atoms with Crippen molar-refractivity contribution in [2.24, 2.45) is 0 Å². The fourth-order valence-electron chi connectivity index (χ4n) is 3.05. The lowest BCUT2D eigenvalue weighted by atomic mass is 10.0. The van der Waals surface area contributed by atoms with Gasteiger partial charge in [0.15, 0.2) is 5.69 Å². The summed E-state index contributed by atoms with van der Waals surface area (Å²) in [6, 6.07) is 2.06. The summed E-state index contributed by atoms with van der Waals surface area (Å²) in [5, 5.41) is 19.0. The molecule has 3 heterocycles. The van der Waals surface area contributed by atoms with Gasteiger partial charge in [0, 0.05) is 25.8 Å². The quantitative estimate of drug-likeness (QED) is 0.806. The predicted molar refractivity (Wildman–Crippen MR) is 89.2 cm³/mol. The van der Waals surface area contributed by atoms with Crippen molar-refractivity contribution in [2.45, 2.75) is 25.1 Å². The van der Waals surface area contributed by atoms with Crippen LogP contribution in [0.5, 0.6) is 0 Å². The Balaban J connectivity index is 1.76. The summed E-state index contributed by atoms with van der Waals surface area (Å²) in [5.74, 6) is -0.567. The van der Waals surface area contributed by atoms with E-state index in [4.69, 9.17) is 5.11 Å². The lowest BCUT2D eigenvalue weighted by Gasteiger charge is -2.34. The number of aromatic nitrogens is 4. The Bertz CT molecular complexity index is 794. The molecular formula is C16H19F3N6O2. The Morgan fingerprint density at radius 3 is 2.96 bits per heavy atom. The lowest BCUT2D eigenvalue weighted by Crippen LogP contribution is -2.38. The molecule has 27 heavy (non-hydrogen) atoms. The molecule has 2 aromatic rings. The minimum absolute atomic E-state index is 0.0920. The van der Waals surface area contributed by atoms with Gasteiger partial charge < -0.3 is 15.3 Å². The minimum atomic E-state index is -4.48. The zero-order valence-corrected chi connectivity index (χ0v) is 14.4. The van der Waals surface area contributed by atoms with E-state index in [0.29, 0.717) is 19.4 Å². The number of rotatable bonds is 5. The summed E-state index contributed by atoms with van der Waals surface area (Å²) < 4.78 is 41.3. The highest BCUT2D eigenvalue weighted by molar-refractivity contribution is 5.91. The minimum Gasteiger partial charge on any atom is -0.395 e. The second-order valence-electron chi connectivity index (χ2n) is 6.18. The summed E-state index contributed by atoms with van der Waals surface area (Å²) >= 11 is 0. The van der Waals surface area contributed by atoms with Crippen molar-refractivity contribution in [2.75, 3.05) is 31.1 Å². The van der Waals surface area contributed by atoms with Crippen molar-refractivity contribution >= 4 is 11.7 Å². The first kappa shape index (κ1) is 19.1. The summed E-state index contributed by atoms with van der Waals surface area (Å²) in [6.45, 7) is 0.641. The van der Waals surface area contributed by atoms with Gasteiger partial charge in [-0.15, -0.1) is 5.10 Å². The van der Waals surface area contributed by atoms with Gasteiger partial charge in [0.1, 0.15) is 5.82 Å². The van der Waals surface area contributed by atoms with Gasteiger partial charge in [0.25, 0.3) is 5.91 Å². The van der Waals surface area contributed by atoms with E-state index < -0.39 is 17.6 Å². The third-order valence-electron chi connectivity index (χ3n) is 4.30. The molecule has 0 unspecified atom stereocenters. The molecule has 11 heteroatoms. The highest BCUT2D eigenvalue weighted by Gasteiger charge is 2.37. The Labute approximate surface area is 153 Å². The van der Waals surface area contributed by atoms with Crippen molar-refractivity contribution in [1.82, 2.24) is 25.3 Å². The standard InChI is InChI=1S/C16H19F3N6O2/c17-16(18,19)12-4-1-5-20-14(12)24-7-2-3-11(9-24)25-10-13(22-23-25)15(27)21-6-8-26/h1,4-5,10-11,26H,2-3,6-9H2,(H,21,27)/t11-/m0/s1. The number of hydrogen-bond acceptors (Lipinski definition) is 6. The normalized spacial score (nSPS) is 17.8. The molecule has 0 spiro atoms. The zero-order chi connectivity index (χ0) is 19.4. The van der Waals surface area contributed by atoms with Gasteiger partial charge in [0.2, 0.25) is 0 Å². The van der Waals surface area contributed by atoms with Crippen LogP contribution in [0, 0.1) is 0 Å². The first-order valence-electron chi connectivity index (χ1n) is 8.48. The summed E-state index contributed by atoms with van der Waals surface area (Å²) in [5.41, 5.74) is -0.678. The van der Waals surface area contributed by atoms with Crippen LogP contribution in [0.25, 0.3) is 0 Å². The molecule has 1 aliphatic heterocycles. The number of aliphatic hydroxyl groups excluding tert-OH is 1. The van der Waals surface area contributed by atoms with E-state index in [1.807, 2.05) is 0 Å². The Morgan fingerprint density at radius 2 is 2.22 bits per heavy atom. The average molecular weight is 384 g/mol. The maximum Gasteiger partial charge on any atom is 0.419 e. The summed E-state index contributed by atoms with van der Waals surface area (Å²) in [7, 11) is 0. The lowest BCUT2D eigenvalue weighted by molar-refractivity contribution is -0.137. The molecule has 0 bridgehead atoms. The van der Waals surface area contributed by atoms with Crippen LogP contribution < -0.4 is 10.2 Å². The van der Waals surface area contributed by atoms with Gasteiger partial charge in [-0.25, -0.2) is 9.67 Å². The molecule has 1 fully saturated rings. The summed E-state index contributed by atoms with van der Waals surface area (Å²) in [6.07, 6.45) is -0.324. The van der Waals surface area contributed by atoms with Crippen molar-refractivity contribution < 1.29 is 23.1 Å². The molecule has 0 aliphatic carbocycles. The van der Waals surface area contributed by atoms with E-state index in [-0.39, 0.29) is 37.3 Å². The number of pyridine rings is 1. The van der Waals surface area contributed by atoms with Crippen molar-refractivity contribution in [3.05, 3.63) is 35.8 Å². The van der Waals surface area contributed by atoms with Gasteiger partial charge in [-0.1, -0.05) is 5.21 Å². The number of hydrogen-bond donors (Lipinski definition) is 2. The first-order chi connectivity index (χ1) is 12.9. The van der Waals surface area contributed by atoms with Crippen LogP contribution in [-0.4, -0.2) is 57.2 Å². The third kappa shape index (κ3) is 4.35. The molecular weight excluding hydrogens is 365 g/mol. The second-order valence-corrected chi connectivity index (χ2v) is 6.18. The van der Waals surface area contributed by atoms with Gasteiger partial charge in [-0.2, -0.15) is 13.2 Å². The number of alkyl halides is 3. The molecule has 0 saturated carbocycles. The van der Waals surface area contributed by atoms with Crippen LogP contribution in [-0.2, 0) is 6.18 Å². The number of nitrogens with one attached hydrogen (secondary N) is 1. The zero-order valence-electron chi connectivity index (χ0n) is 14.4. The smallest absolute Gasteiger partial charge is 0.395 e. The van der Waals surface area contributed by atoms with Gasteiger partial charge in [0.05, 0.1) is 24.4 Å². The van der Waals surface area contributed by atoms with E-state index in [1.165, 1.54) is 23.1 Å². The fraction of sp³-hybridized carbons (Fsp3) is 0.500. The molecule has 146 valence electrons. The topological polar surface area (TPSA) is 96.2 Å². The van der Waals surface area contributed by atoms with Crippen molar-refractivity contribution in [3.8, 4) is 0 Å². The van der Waals surface area contributed by atoms with E-state index in [0.717, 1.165) is 6.07 Å². The van der Waals surface area contributed by atoms with Gasteiger partial charge in [-0.3, -0.25) is 4.79 Å². The molecule has 0 radical (unpaired) electrons. The van der Waals surface area contributed by atoms with Crippen LogP contribution in [0.2, 0.25) is 0 Å². The number of nitrogens with zero attached hydrogens (tertiary/aromatic N) is 5. The molecule has 1 amide bonds. The number of carbonyl (C=O) groups excluding carboxylic acids is 1. The molecule has 3 rings (SSSR count). The molecule has 8 nitrogen and oxygen atoms in total. The molecule has 2 aromatic heterocycles. The number of anilines is 1. The monoisotopic (exact) mass is 384 g/mol. The molecule has 1 atom stereocenters. The van der Waals surface area contributed by atoms with E-state index in [9.17, 15) is 18.0 Å². The van der Waals surface area contributed by atoms with Gasteiger partial charge in [-0.05, 0) is 25.0 Å². The largest absolute Gasteiger partial charge is 0.419 e. The number of halogens is 3. The van der Waals surface area contributed by atoms with Crippen LogP contribution in [0.4, 0.5) is 19.0 Å². The van der Waals surface area contributed by atoms with Crippen molar-refractivity contribution in [1.29, 1.82) is 0 Å². The predicted octanol–water partition coefficient (Wildman–Crippen LogP) is 1.26. The Morgan fingerprint density at radius 1 is 1.41 bits per heavy atom. The molecule has 0 aromatic carbocycles. The van der Waals surface area contributed by atoms with Crippen LogP contribution in [0.15, 0.2) is 24.5 Å². The second kappa shape index (κ2) is 7.91. The number of carbonyl (C=O) groups is 1. The molecule has 2 N–H and O–H groups in total. The van der Waals surface area contributed by atoms with E-state index >= 15 is 0 Å². The number of amides is 1. The van der Waals surface area contributed by atoms with Crippen LogP contribution in [0.1, 0.15) is 34.9 Å². The Kier molecular flexibility index (Phi) is 5.59. The molecule has 1 aliphatic rings. The molecule has 1 saturated heterocycles. The average Bonchev–Trinajstić information content (AvgIpc) is 3.16. The first-order valence-corrected chi connectivity index (χ1v) is 8.48. The van der Waals surface area contributed by atoms with Crippen molar-refractivity contribution in [3.63, 3.8) is 0 Å². The van der Waals surface area contributed by atoms with Crippen LogP contribution >= 0.6 is 0 Å². The number of aliphatic hydroxyl groups is 1. The highest BCUT2D eigenvalue weighted by atomic mass is 19.4. The Hall–Kier alpha value is -2.69. The van der Waals surface area contributed by atoms with Crippen LogP contribution in [0.3, 0.4) is 0 Å². The van der Waals surface area contributed by atoms with E-state index in [2.05, 4.69) is 20.6 Å².